The van der Waals surface area contributed by atoms with Crippen molar-refractivity contribution in [1.82, 2.24) is 9.97 Å². The zero-order chi connectivity index (χ0) is 10.7. The van der Waals surface area contributed by atoms with Crippen LogP contribution in [0.15, 0.2) is 18.2 Å². The van der Waals surface area contributed by atoms with E-state index in [9.17, 15) is 4.79 Å². The second-order valence-electron chi connectivity index (χ2n) is 3.41. The summed E-state index contributed by atoms with van der Waals surface area (Å²) >= 11 is 0. The normalized spacial score (nSPS) is 10.7. The molecular formula is C11H12N2O2. The van der Waals surface area contributed by atoms with Gasteiger partial charge in [0.25, 0.3) is 0 Å². The summed E-state index contributed by atoms with van der Waals surface area (Å²) in [5, 5.41) is 8.70. The Morgan fingerprint density at radius 2 is 2.33 bits per heavy atom. The van der Waals surface area contributed by atoms with Gasteiger partial charge < -0.3 is 10.1 Å². The van der Waals surface area contributed by atoms with Gasteiger partial charge in [-0.05, 0) is 24.6 Å². The lowest BCUT2D eigenvalue weighted by atomic mass is 10.2. The molecule has 0 bridgehead atoms. The first kappa shape index (κ1) is 9.86. The van der Waals surface area contributed by atoms with E-state index in [4.69, 9.17) is 5.11 Å². The molecule has 0 saturated carbocycles. The Morgan fingerprint density at radius 3 is 3.07 bits per heavy atom. The fraction of sp³-hybridized carbons (Fsp3) is 0.273. The van der Waals surface area contributed by atoms with Gasteiger partial charge in [-0.1, -0.05) is 0 Å². The summed E-state index contributed by atoms with van der Waals surface area (Å²) in [5.41, 5.74) is 2.36. The fourth-order valence-electron chi connectivity index (χ4n) is 1.52. The van der Waals surface area contributed by atoms with Crippen molar-refractivity contribution in [3.63, 3.8) is 0 Å². The number of aliphatic hydroxyl groups is 1. The van der Waals surface area contributed by atoms with E-state index in [1.807, 2.05) is 6.07 Å². The van der Waals surface area contributed by atoms with Gasteiger partial charge in [0, 0.05) is 18.6 Å². The number of aliphatic hydroxyl groups excluding tert-OH is 1. The minimum absolute atomic E-state index is 0.163. The third kappa shape index (κ3) is 2.05. The van der Waals surface area contributed by atoms with Crippen molar-refractivity contribution >= 4 is 17.3 Å². The summed E-state index contributed by atoms with van der Waals surface area (Å²) in [6.45, 7) is 0.163. The second kappa shape index (κ2) is 4.23. The molecule has 2 N–H and O–H groups in total. The zero-order valence-corrected chi connectivity index (χ0v) is 8.23. The minimum Gasteiger partial charge on any atom is -0.396 e. The highest BCUT2D eigenvalue weighted by atomic mass is 16.2. The Labute approximate surface area is 87.0 Å². The SMILES string of the molecule is O=Cc1ccc2nc(CCCO)[nH]c2c1. The predicted molar refractivity (Wildman–Crippen MR) is 56.9 cm³/mol. The highest BCUT2D eigenvalue weighted by Gasteiger charge is 2.02. The monoisotopic (exact) mass is 204 g/mol. The summed E-state index contributed by atoms with van der Waals surface area (Å²) in [6, 6.07) is 5.34. The van der Waals surface area contributed by atoms with E-state index in [-0.39, 0.29) is 6.61 Å². The molecule has 0 spiro atoms. The van der Waals surface area contributed by atoms with Crippen LogP contribution in [0.25, 0.3) is 11.0 Å². The standard InChI is InChI=1S/C11H12N2O2/c14-5-1-2-11-12-9-4-3-8(7-15)6-10(9)13-11/h3-4,6-7,14H,1-2,5H2,(H,12,13). The number of nitrogens with zero attached hydrogens (tertiary/aromatic N) is 1. The first-order valence-corrected chi connectivity index (χ1v) is 4.88. The molecule has 1 aromatic carbocycles. The lowest BCUT2D eigenvalue weighted by Gasteiger charge is -1.90. The summed E-state index contributed by atoms with van der Waals surface area (Å²) in [6.07, 6.45) is 2.23. The number of benzene rings is 1. The number of H-pyrrole nitrogens is 1. The Balaban J connectivity index is 2.33. The molecule has 0 aliphatic carbocycles. The lowest BCUT2D eigenvalue weighted by Crippen LogP contribution is -1.90. The van der Waals surface area contributed by atoms with Crippen LogP contribution in [-0.4, -0.2) is 28.0 Å². The molecule has 2 aromatic rings. The summed E-state index contributed by atoms with van der Waals surface area (Å²) in [7, 11) is 0. The number of aromatic amines is 1. The van der Waals surface area contributed by atoms with Gasteiger partial charge in [-0.3, -0.25) is 4.79 Å². The van der Waals surface area contributed by atoms with Crippen molar-refractivity contribution in [1.29, 1.82) is 0 Å². The van der Waals surface area contributed by atoms with Gasteiger partial charge in [0.15, 0.2) is 0 Å². The molecule has 78 valence electrons. The number of carbonyl (C=O) groups is 1. The average Bonchev–Trinajstić information content (AvgIpc) is 2.67. The number of rotatable bonds is 4. The van der Waals surface area contributed by atoms with Crippen LogP contribution in [-0.2, 0) is 6.42 Å². The molecule has 4 heteroatoms. The highest BCUT2D eigenvalue weighted by Crippen LogP contribution is 2.13. The van der Waals surface area contributed by atoms with Crippen LogP contribution in [0.4, 0.5) is 0 Å². The van der Waals surface area contributed by atoms with E-state index in [0.29, 0.717) is 12.0 Å². The number of aldehydes is 1. The van der Waals surface area contributed by atoms with Crippen LogP contribution in [0.2, 0.25) is 0 Å². The molecule has 0 fully saturated rings. The summed E-state index contributed by atoms with van der Waals surface area (Å²) < 4.78 is 0. The maximum absolute atomic E-state index is 10.6. The molecule has 2 rings (SSSR count). The van der Waals surface area contributed by atoms with Crippen LogP contribution < -0.4 is 0 Å². The molecule has 0 aliphatic rings. The number of fused-ring (bicyclic) bond motifs is 1. The van der Waals surface area contributed by atoms with Gasteiger partial charge in [0.2, 0.25) is 0 Å². The average molecular weight is 204 g/mol. The Morgan fingerprint density at radius 1 is 1.47 bits per heavy atom. The number of imidazole rings is 1. The van der Waals surface area contributed by atoms with Crippen LogP contribution >= 0.6 is 0 Å². The molecule has 1 aromatic heterocycles. The molecule has 0 saturated heterocycles. The number of aromatic nitrogens is 2. The molecule has 0 amide bonds. The first-order valence-electron chi connectivity index (χ1n) is 4.88. The second-order valence-corrected chi connectivity index (χ2v) is 3.41. The van der Waals surface area contributed by atoms with Gasteiger partial charge in [-0.15, -0.1) is 0 Å². The van der Waals surface area contributed by atoms with Crippen molar-refractivity contribution in [2.24, 2.45) is 0 Å². The van der Waals surface area contributed by atoms with Crippen molar-refractivity contribution in [3.05, 3.63) is 29.6 Å². The summed E-state index contributed by atoms with van der Waals surface area (Å²) in [4.78, 5) is 18.0. The molecule has 0 radical (unpaired) electrons. The van der Waals surface area contributed by atoms with Gasteiger partial charge in [-0.25, -0.2) is 4.98 Å². The van der Waals surface area contributed by atoms with E-state index in [2.05, 4.69) is 9.97 Å². The topological polar surface area (TPSA) is 66.0 Å². The highest BCUT2D eigenvalue weighted by molar-refractivity contribution is 5.84. The maximum atomic E-state index is 10.6. The van der Waals surface area contributed by atoms with Crippen LogP contribution in [0.3, 0.4) is 0 Å². The van der Waals surface area contributed by atoms with E-state index in [1.165, 1.54) is 0 Å². The summed E-state index contributed by atoms with van der Waals surface area (Å²) in [5.74, 6) is 0.849. The van der Waals surface area contributed by atoms with Gasteiger partial charge >= 0.3 is 0 Å². The van der Waals surface area contributed by atoms with E-state index >= 15 is 0 Å². The molecule has 0 atom stereocenters. The smallest absolute Gasteiger partial charge is 0.150 e. The Kier molecular flexibility index (Phi) is 2.78. The largest absolute Gasteiger partial charge is 0.396 e. The third-order valence-electron chi connectivity index (χ3n) is 2.26. The quantitative estimate of drug-likeness (QED) is 0.738. The van der Waals surface area contributed by atoms with Crippen LogP contribution in [0.1, 0.15) is 22.6 Å². The van der Waals surface area contributed by atoms with Crippen LogP contribution in [0.5, 0.6) is 0 Å². The first-order chi connectivity index (χ1) is 7.33. The number of hydrogen-bond donors (Lipinski definition) is 2. The molecule has 4 nitrogen and oxygen atoms in total. The molecule has 1 heterocycles. The fourth-order valence-corrected chi connectivity index (χ4v) is 1.52. The Hall–Kier alpha value is -1.68. The predicted octanol–water partition coefficient (Wildman–Crippen LogP) is 1.30. The number of aryl methyl sites for hydroxylation is 1. The van der Waals surface area contributed by atoms with Gasteiger partial charge in [0.05, 0.1) is 11.0 Å². The van der Waals surface area contributed by atoms with Gasteiger partial charge in [0.1, 0.15) is 12.1 Å². The minimum atomic E-state index is 0.163. The molecule has 0 unspecified atom stereocenters. The van der Waals surface area contributed by atoms with Crippen molar-refractivity contribution in [2.75, 3.05) is 6.61 Å². The number of hydrogen-bond acceptors (Lipinski definition) is 3. The zero-order valence-electron chi connectivity index (χ0n) is 8.23. The van der Waals surface area contributed by atoms with E-state index < -0.39 is 0 Å². The molecular weight excluding hydrogens is 192 g/mol. The van der Waals surface area contributed by atoms with Crippen LogP contribution in [0, 0.1) is 0 Å². The third-order valence-corrected chi connectivity index (χ3v) is 2.26. The maximum Gasteiger partial charge on any atom is 0.150 e. The van der Waals surface area contributed by atoms with E-state index in [0.717, 1.165) is 29.6 Å². The lowest BCUT2D eigenvalue weighted by molar-refractivity contribution is 0.112. The van der Waals surface area contributed by atoms with Crippen molar-refractivity contribution < 1.29 is 9.90 Å². The number of nitrogens with one attached hydrogen (secondary N) is 1. The van der Waals surface area contributed by atoms with E-state index in [1.54, 1.807) is 12.1 Å². The molecule has 15 heavy (non-hydrogen) atoms. The number of carbonyl (C=O) groups excluding carboxylic acids is 1. The van der Waals surface area contributed by atoms with Crippen molar-refractivity contribution in [2.45, 2.75) is 12.8 Å². The molecule has 0 aliphatic heterocycles. The van der Waals surface area contributed by atoms with Crippen molar-refractivity contribution in [3.8, 4) is 0 Å². The van der Waals surface area contributed by atoms with Gasteiger partial charge in [-0.2, -0.15) is 0 Å². The Bertz CT molecular complexity index is 476.